The number of hydrogen-bond donors (Lipinski definition) is 3. The van der Waals surface area contributed by atoms with E-state index in [1.807, 2.05) is 0 Å². The van der Waals surface area contributed by atoms with Gasteiger partial charge in [-0.1, -0.05) is 19.3 Å². The molecule has 0 aromatic heterocycles. The molecule has 3 N–H and O–H groups in total. The van der Waals surface area contributed by atoms with Crippen LogP contribution in [0.25, 0.3) is 0 Å². The van der Waals surface area contributed by atoms with Gasteiger partial charge in [-0.15, -0.1) is 0 Å². The highest BCUT2D eigenvalue weighted by Crippen LogP contribution is 2.43. The van der Waals surface area contributed by atoms with Crippen molar-refractivity contribution in [1.29, 1.82) is 5.26 Å². The zero-order valence-electron chi connectivity index (χ0n) is 21.5. The van der Waals surface area contributed by atoms with Gasteiger partial charge in [-0.2, -0.15) is 5.26 Å². The number of rotatable bonds is 1. The molecule has 3 aliphatic heterocycles. The minimum atomic E-state index is -0.803. The maximum absolute atomic E-state index is 13.8. The fraction of sp³-hybridized carbons (Fsp3) is 0.808. The van der Waals surface area contributed by atoms with E-state index in [0.717, 1.165) is 32.1 Å². The summed E-state index contributed by atoms with van der Waals surface area (Å²) in [5, 5.41) is 18.3. The molecule has 10 nitrogen and oxygen atoms in total. The third-order valence-electron chi connectivity index (χ3n) is 8.16. The predicted molar refractivity (Wildman–Crippen MR) is 130 cm³/mol. The van der Waals surface area contributed by atoms with Crippen LogP contribution in [0.4, 0.5) is 4.79 Å². The molecule has 198 valence electrons. The molecule has 1 aliphatic carbocycles. The van der Waals surface area contributed by atoms with E-state index < -0.39 is 29.8 Å². The fourth-order valence-electron chi connectivity index (χ4n) is 6.51. The van der Waals surface area contributed by atoms with Crippen molar-refractivity contribution in [2.75, 3.05) is 13.1 Å². The minimum absolute atomic E-state index is 0.0332. The molecule has 1 saturated carbocycles. The van der Waals surface area contributed by atoms with Crippen LogP contribution in [0.1, 0.15) is 72.1 Å². The predicted octanol–water partition coefficient (Wildman–Crippen LogP) is 1.84. The molecule has 0 aromatic rings. The van der Waals surface area contributed by atoms with Crippen LogP contribution in [0.2, 0.25) is 0 Å². The van der Waals surface area contributed by atoms with Crippen molar-refractivity contribution in [3.63, 3.8) is 0 Å². The van der Waals surface area contributed by atoms with Crippen molar-refractivity contribution in [3.8, 4) is 6.07 Å². The van der Waals surface area contributed by atoms with Gasteiger partial charge >= 0.3 is 6.09 Å². The van der Waals surface area contributed by atoms with Gasteiger partial charge in [0.15, 0.2) is 0 Å². The van der Waals surface area contributed by atoms with E-state index in [-0.39, 0.29) is 47.8 Å². The summed E-state index contributed by atoms with van der Waals surface area (Å²) in [7, 11) is 0. The van der Waals surface area contributed by atoms with Gasteiger partial charge in [0.2, 0.25) is 17.7 Å². The third-order valence-corrected chi connectivity index (χ3v) is 8.16. The molecule has 3 heterocycles. The number of nitrogens with zero attached hydrogens (tertiary/aromatic N) is 2. The van der Waals surface area contributed by atoms with Crippen LogP contribution >= 0.6 is 0 Å². The summed E-state index contributed by atoms with van der Waals surface area (Å²) in [4.78, 5) is 54.1. The lowest BCUT2D eigenvalue weighted by Crippen LogP contribution is -2.56. The van der Waals surface area contributed by atoms with Gasteiger partial charge in [-0.05, 0) is 70.6 Å². The molecule has 4 rings (SSSR count). The summed E-state index contributed by atoms with van der Waals surface area (Å²) < 4.78 is 5.42. The third kappa shape index (κ3) is 5.76. The van der Waals surface area contributed by atoms with Crippen LogP contribution in [0, 0.1) is 35.0 Å². The average Bonchev–Trinajstić information content (AvgIpc) is 3.48. The first-order chi connectivity index (χ1) is 17.1. The van der Waals surface area contributed by atoms with Crippen molar-refractivity contribution in [3.05, 3.63) is 0 Å². The van der Waals surface area contributed by atoms with E-state index in [1.165, 1.54) is 0 Å². The summed E-state index contributed by atoms with van der Waals surface area (Å²) in [5.41, 5.74) is -0.703. The van der Waals surface area contributed by atoms with Crippen molar-refractivity contribution in [2.24, 2.45) is 23.7 Å². The monoisotopic (exact) mass is 501 g/mol. The van der Waals surface area contributed by atoms with Gasteiger partial charge in [-0.3, -0.25) is 14.4 Å². The molecular formula is C26H39N5O5. The Morgan fingerprint density at radius 1 is 1.06 bits per heavy atom. The molecule has 4 aliphatic rings. The SMILES string of the molecule is CC(C)(C)OC(=O)N[C@H]1CCCC[C@H]2CNC(=O)[C@H]2C[C@@H](C#N)NC(=O)[C@@H]2[C@H]3CCC[C@H]3CN2C1=O. The number of hydrogen-bond acceptors (Lipinski definition) is 6. The molecule has 7 atom stereocenters. The zero-order chi connectivity index (χ0) is 26.0. The molecule has 4 amide bonds. The smallest absolute Gasteiger partial charge is 0.408 e. The van der Waals surface area contributed by atoms with Gasteiger partial charge in [0.1, 0.15) is 23.7 Å². The first-order valence-corrected chi connectivity index (χ1v) is 13.3. The molecule has 0 radical (unpaired) electrons. The Morgan fingerprint density at radius 2 is 1.78 bits per heavy atom. The van der Waals surface area contributed by atoms with Crippen LogP contribution in [0.5, 0.6) is 0 Å². The summed E-state index contributed by atoms with van der Waals surface area (Å²) in [6.07, 6.45) is 5.09. The summed E-state index contributed by atoms with van der Waals surface area (Å²) in [6, 6.07) is -0.119. The van der Waals surface area contributed by atoms with E-state index in [9.17, 15) is 24.4 Å². The normalized spacial score (nSPS) is 35.4. The second-order valence-corrected chi connectivity index (χ2v) is 11.8. The summed E-state index contributed by atoms with van der Waals surface area (Å²) >= 11 is 0. The molecule has 0 spiro atoms. The van der Waals surface area contributed by atoms with E-state index in [4.69, 9.17) is 4.74 Å². The zero-order valence-corrected chi connectivity index (χ0v) is 21.5. The molecule has 36 heavy (non-hydrogen) atoms. The number of ether oxygens (including phenoxy) is 1. The lowest BCUT2D eigenvalue weighted by molar-refractivity contribution is -0.141. The highest BCUT2D eigenvalue weighted by Gasteiger charge is 2.51. The largest absolute Gasteiger partial charge is 0.444 e. The quantitative estimate of drug-likeness (QED) is 0.501. The Labute approximate surface area is 212 Å². The maximum Gasteiger partial charge on any atom is 0.408 e. The van der Waals surface area contributed by atoms with Crippen molar-refractivity contribution in [2.45, 2.75) is 95.9 Å². The standard InChI is InChI=1S/C26H39N5O5/c1-26(2,3)36-25(35)30-20-10-5-4-7-15-13-28-22(32)19(15)11-17(12-27)29-23(33)21-18-9-6-8-16(18)14-31(21)24(20)34/h15-21H,4-11,13-14H2,1-3H3,(H,28,32)(H,29,33)(H,30,35)/t15-,16-,17-,18-,19-,20-,21-/m0/s1. The number of carbonyl (C=O) groups excluding carboxylic acids is 4. The lowest BCUT2D eigenvalue weighted by atomic mass is 9.85. The fourth-order valence-corrected chi connectivity index (χ4v) is 6.51. The van der Waals surface area contributed by atoms with Crippen molar-refractivity contribution < 1.29 is 23.9 Å². The topological polar surface area (TPSA) is 141 Å². The molecular weight excluding hydrogens is 462 g/mol. The van der Waals surface area contributed by atoms with Crippen LogP contribution in [0.3, 0.4) is 0 Å². The van der Waals surface area contributed by atoms with Crippen LogP contribution in [-0.2, 0) is 19.1 Å². The summed E-state index contributed by atoms with van der Waals surface area (Å²) in [5.74, 6) is -0.667. The van der Waals surface area contributed by atoms with Gasteiger partial charge in [0.25, 0.3) is 0 Å². The second-order valence-electron chi connectivity index (χ2n) is 11.8. The van der Waals surface area contributed by atoms with Crippen LogP contribution in [-0.4, -0.2) is 65.5 Å². The highest BCUT2D eigenvalue weighted by atomic mass is 16.6. The van der Waals surface area contributed by atoms with Crippen LogP contribution < -0.4 is 16.0 Å². The van der Waals surface area contributed by atoms with E-state index in [2.05, 4.69) is 22.0 Å². The second kappa shape index (κ2) is 10.7. The molecule has 0 aromatic carbocycles. The molecule has 0 bridgehead atoms. The molecule has 4 fully saturated rings. The van der Waals surface area contributed by atoms with E-state index in [1.54, 1.807) is 25.7 Å². The van der Waals surface area contributed by atoms with Gasteiger partial charge in [-0.25, -0.2) is 4.79 Å². The Hall–Kier alpha value is -2.83. The maximum atomic E-state index is 13.8. The lowest BCUT2D eigenvalue weighted by Gasteiger charge is -2.32. The van der Waals surface area contributed by atoms with Gasteiger partial charge in [0, 0.05) is 19.0 Å². The van der Waals surface area contributed by atoms with Gasteiger partial charge < -0.3 is 25.6 Å². The molecule has 3 saturated heterocycles. The molecule has 10 heteroatoms. The Morgan fingerprint density at radius 3 is 2.50 bits per heavy atom. The van der Waals surface area contributed by atoms with Gasteiger partial charge in [0.05, 0.1) is 6.07 Å². The number of alkyl carbamates (subject to hydrolysis) is 1. The minimum Gasteiger partial charge on any atom is -0.444 e. The average molecular weight is 502 g/mol. The highest BCUT2D eigenvalue weighted by molar-refractivity contribution is 5.92. The van der Waals surface area contributed by atoms with E-state index in [0.29, 0.717) is 25.9 Å². The summed E-state index contributed by atoms with van der Waals surface area (Å²) in [6.45, 7) is 6.32. The molecule has 0 unspecified atom stereocenters. The van der Waals surface area contributed by atoms with Crippen molar-refractivity contribution in [1.82, 2.24) is 20.9 Å². The van der Waals surface area contributed by atoms with Crippen molar-refractivity contribution >= 4 is 23.8 Å². The van der Waals surface area contributed by atoms with Crippen LogP contribution in [0.15, 0.2) is 0 Å². The number of nitrogens with one attached hydrogen (secondary N) is 3. The first-order valence-electron chi connectivity index (χ1n) is 13.3. The van der Waals surface area contributed by atoms with E-state index >= 15 is 0 Å². The number of amides is 4. The first kappa shape index (κ1) is 26.2. The number of fused-ring (bicyclic) bond motifs is 4. The Kier molecular flexibility index (Phi) is 7.76. The number of carbonyl (C=O) groups is 4. The Balaban J connectivity index is 1.60. The Bertz CT molecular complexity index is 925. The number of nitriles is 1.